The molecule has 9 heteroatoms. The maximum atomic E-state index is 12.1. The summed E-state index contributed by atoms with van der Waals surface area (Å²) >= 11 is 8.18. The lowest BCUT2D eigenvalue weighted by Gasteiger charge is -2.09. The number of nitrogens with zero attached hydrogens (tertiary/aromatic N) is 2. The molecule has 2 N–H and O–H groups in total. The zero-order valence-electron chi connectivity index (χ0n) is 12.4. The van der Waals surface area contributed by atoms with Gasteiger partial charge in [0.15, 0.2) is 11.5 Å². The lowest BCUT2D eigenvalue weighted by molar-refractivity contribution is 0.0516. The van der Waals surface area contributed by atoms with Crippen LogP contribution in [0.3, 0.4) is 0 Å². The number of esters is 1. The number of hydrogen-bond donors (Lipinski definition) is 2. The highest BCUT2D eigenvalue weighted by molar-refractivity contribution is 14.1. The largest absolute Gasteiger partial charge is 0.461 e. The normalized spacial score (nSPS) is 10.3. The van der Waals surface area contributed by atoms with Gasteiger partial charge in [-0.2, -0.15) is 0 Å². The van der Waals surface area contributed by atoms with Gasteiger partial charge in [-0.05, 0) is 47.7 Å². The van der Waals surface area contributed by atoms with Crippen molar-refractivity contribution >= 4 is 57.7 Å². The highest BCUT2D eigenvalue weighted by atomic mass is 127. The van der Waals surface area contributed by atoms with Crippen molar-refractivity contribution in [1.82, 2.24) is 9.55 Å². The Morgan fingerprint density at radius 2 is 2.13 bits per heavy atom. The van der Waals surface area contributed by atoms with Gasteiger partial charge in [-0.1, -0.05) is 11.6 Å². The van der Waals surface area contributed by atoms with Crippen molar-refractivity contribution in [2.75, 3.05) is 17.2 Å². The molecule has 1 aromatic heterocycles. The predicted octanol–water partition coefficient (Wildman–Crippen LogP) is 3.50. The van der Waals surface area contributed by atoms with E-state index in [1.165, 1.54) is 10.9 Å². The van der Waals surface area contributed by atoms with Crippen LogP contribution in [0.1, 0.15) is 17.4 Å². The van der Waals surface area contributed by atoms with Crippen molar-refractivity contribution in [1.29, 1.82) is 0 Å². The molecule has 0 saturated heterocycles. The molecule has 122 valence electrons. The summed E-state index contributed by atoms with van der Waals surface area (Å²) in [5.41, 5.74) is 0.619. The number of ether oxygens (including phenoxy) is 1. The van der Waals surface area contributed by atoms with E-state index in [1.54, 1.807) is 26.1 Å². The maximum Gasteiger partial charge on any atom is 0.358 e. The minimum atomic E-state index is -0.560. The summed E-state index contributed by atoms with van der Waals surface area (Å²) in [4.78, 5) is 28.0. The van der Waals surface area contributed by atoms with Crippen LogP contribution in [0, 0.1) is 3.57 Å². The van der Waals surface area contributed by atoms with Crippen molar-refractivity contribution in [2.45, 2.75) is 6.92 Å². The fourth-order valence-corrected chi connectivity index (χ4v) is 2.72. The average Bonchev–Trinajstić information content (AvgIpc) is 2.83. The van der Waals surface area contributed by atoms with E-state index >= 15 is 0 Å². The van der Waals surface area contributed by atoms with Crippen LogP contribution in [-0.2, 0) is 11.8 Å². The standard InChI is InChI=1S/C14H14ClIN4O3/c1-3-23-13(21)11-12(17-7-20(11)2)19-14(22)18-10-5-4-8(16)6-9(10)15/h4-7H,3H2,1-2H3,(H2,18,19,22). The Hall–Kier alpha value is -1.81. The van der Waals surface area contributed by atoms with Crippen LogP contribution in [-0.4, -0.2) is 28.2 Å². The number of anilines is 2. The summed E-state index contributed by atoms with van der Waals surface area (Å²) in [5.74, 6) is -0.444. The number of nitrogens with one attached hydrogen (secondary N) is 2. The fourth-order valence-electron chi connectivity index (χ4n) is 1.81. The zero-order valence-corrected chi connectivity index (χ0v) is 15.3. The van der Waals surface area contributed by atoms with Crippen molar-refractivity contribution in [3.05, 3.63) is 38.8 Å². The van der Waals surface area contributed by atoms with E-state index < -0.39 is 12.0 Å². The summed E-state index contributed by atoms with van der Waals surface area (Å²) in [7, 11) is 1.64. The van der Waals surface area contributed by atoms with Gasteiger partial charge in [0.05, 0.1) is 23.6 Å². The molecule has 0 aliphatic carbocycles. The van der Waals surface area contributed by atoms with Crippen LogP contribution in [0.25, 0.3) is 0 Å². The molecule has 23 heavy (non-hydrogen) atoms. The quantitative estimate of drug-likeness (QED) is 0.554. The number of halogens is 2. The van der Waals surface area contributed by atoms with Gasteiger partial charge in [0.1, 0.15) is 0 Å². The Morgan fingerprint density at radius 1 is 1.39 bits per heavy atom. The zero-order chi connectivity index (χ0) is 17.0. The summed E-state index contributed by atoms with van der Waals surface area (Å²) in [5, 5.41) is 5.54. The molecule has 7 nitrogen and oxygen atoms in total. The molecule has 1 aromatic carbocycles. The molecule has 0 bridgehead atoms. The van der Waals surface area contributed by atoms with Gasteiger partial charge in [-0.15, -0.1) is 0 Å². The highest BCUT2D eigenvalue weighted by Gasteiger charge is 2.20. The minimum absolute atomic E-state index is 0.116. The highest BCUT2D eigenvalue weighted by Crippen LogP contribution is 2.24. The van der Waals surface area contributed by atoms with E-state index in [9.17, 15) is 9.59 Å². The Balaban J connectivity index is 2.13. The van der Waals surface area contributed by atoms with Gasteiger partial charge in [0.25, 0.3) is 0 Å². The SMILES string of the molecule is CCOC(=O)c1c(NC(=O)Nc2ccc(I)cc2Cl)ncn1C. The number of benzene rings is 1. The molecule has 1 heterocycles. The first-order valence-corrected chi connectivity index (χ1v) is 8.09. The molecule has 0 spiro atoms. The van der Waals surface area contributed by atoms with Crippen molar-refractivity contribution in [2.24, 2.45) is 7.05 Å². The number of amides is 2. The molecule has 2 aromatic rings. The lowest BCUT2D eigenvalue weighted by Crippen LogP contribution is -2.22. The fraction of sp³-hybridized carbons (Fsp3) is 0.214. The van der Waals surface area contributed by atoms with Crippen LogP contribution in [0.15, 0.2) is 24.5 Å². The molecule has 0 aliphatic rings. The summed E-state index contributed by atoms with van der Waals surface area (Å²) < 4.78 is 7.38. The third kappa shape index (κ3) is 4.35. The first-order chi connectivity index (χ1) is 10.9. The molecule has 2 amide bonds. The third-order valence-electron chi connectivity index (χ3n) is 2.82. The van der Waals surface area contributed by atoms with E-state index in [4.69, 9.17) is 16.3 Å². The van der Waals surface area contributed by atoms with E-state index in [2.05, 4.69) is 38.2 Å². The van der Waals surface area contributed by atoms with Crippen LogP contribution >= 0.6 is 34.2 Å². The minimum Gasteiger partial charge on any atom is -0.461 e. The van der Waals surface area contributed by atoms with Gasteiger partial charge in [0, 0.05) is 10.6 Å². The summed E-state index contributed by atoms with van der Waals surface area (Å²) in [6, 6.07) is 4.67. The van der Waals surface area contributed by atoms with Gasteiger partial charge in [-0.3, -0.25) is 5.32 Å². The average molecular weight is 449 g/mol. The van der Waals surface area contributed by atoms with E-state index in [-0.39, 0.29) is 18.1 Å². The smallest absolute Gasteiger partial charge is 0.358 e. The number of aromatic nitrogens is 2. The first kappa shape index (κ1) is 17.5. The molecular formula is C14H14ClIN4O3. The number of rotatable bonds is 4. The van der Waals surface area contributed by atoms with Crippen LogP contribution < -0.4 is 10.6 Å². The topological polar surface area (TPSA) is 85.2 Å². The number of urea groups is 1. The number of carbonyl (C=O) groups excluding carboxylic acids is 2. The Kier molecular flexibility index (Phi) is 5.83. The Morgan fingerprint density at radius 3 is 2.78 bits per heavy atom. The van der Waals surface area contributed by atoms with E-state index in [0.29, 0.717) is 10.7 Å². The molecule has 0 atom stereocenters. The molecule has 0 aliphatic heterocycles. The molecular weight excluding hydrogens is 435 g/mol. The molecule has 0 unspecified atom stereocenters. The van der Waals surface area contributed by atoms with Gasteiger partial charge < -0.3 is 14.6 Å². The van der Waals surface area contributed by atoms with Gasteiger partial charge >= 0.3 is 12.0 Å². The maximum absolute atomic E-state index is 12.1. The Labute approximate surface area is 151 Å². The number of carbonyl (C=O) groups is 2. The lowest BCUT2D eigenvalue weighted by atomic mass is 10.3. The van der Waals surface area contributed by atoms with Crippen LogP contribution in [0.5, 0.6) is 0 Å². The van der Waals surface area contributed by atoms with Crippen LogP contribution in [0.2, 0.25) is 5.02 Å². The second-order valence-electron chi connectivity index (χ2n) is 4.48. The second-order valence-corrected chi connectivity index (χ2v) is 6.13. The number of aryl methyl sites for hydroxylation is 1. The van der Waals surface area contributed by atoms with Gasteiger partial charge in [-0.25, -0.2) is 14.6 Å². The summed E-state index contributed by atoms with van der Waals surface area (Å²) in [6.07, 6.45) is 1.42. The summed E-state index contributed by atoms with van der Waals surface area (Å²) in [6.45, 7) is 1.93. The van der Waals surface area contributed by atoms with Crippen molar-refractivity contribution in [3.8, 4) is 0 Å². The predicted molar refractivity (Wildman–Crippen MR) is 96.0 cm³/mol. The van der Waals surface area contributed by atoms with Gasteiger partial charge in [0.2, 0.25) is 0 Å². The van der Waals surface area contributed by atoms with E-state index in [1.807, 2.05) is 6.07 Å². The number of imidazole rings is 1. The third-order valence-corrected chi connectivity index (χ3v) is 3.80. The van der Waals surface area contributed by atoms with E-state index in [0.717, 1.165) is 3.57 Å². The Bertz CT molecular complexity index is 748. The van der Waals surface area contributed by atoms with Crippen molar-refractivity contribution in [3.63, 3.8) is 0 Å². The molecule has 0 radical (unpaired) electrons. The van der Waals surface area contributed by atoms with Crippen LogP contribution in [0.4, 0.5) is 16.3 Å². The second kappa shape index (κ2) is 7.64. The number of hydrogen-bond acceptors (Lipinski definition) is 4. The molecule has 0 fully saturated rings. The molecule has 0 saturated carbocycles. The monoisotopic (exact) mass is 448 g/mol. The first-order valence-electron chi connectivity index (χ1n) is 6.63. The molecule has 2 rings (SSSR count). The van der Waals surface area contributed by atoms with Crippen molar-refractivity contribution < 1.29 is 14.3 Å².